The number of aliphatic hydroxyl groups is 1. The maximum absolute atomic E-state index is 12.9. The number of carbonyl (C=O) groups excluding carboxylic acids is 1. The first kappa shape index (κ1) is 36.0. The number of nitrogen functional groups attached to an aromatic ring is 1. The summed E-state index contributed by atoms with van der Waals surface area (Å²) in [5.74, 6) is -4.14. The van der Waals surface area contributed by atoms with Crippen molar-refractivity contribution in [3.05, 3.63) is 57.0 Å². The van der Waals surface area contributed by atoms with Gasteiger partial charge in [-0.05, 0) is 12.0 Å². The second kappa shape index (κ2) is 14.1. The van der Waals surface area contributed by atoms with Crippen molar-refractivity contribution < 1.29 is 62.1 Å². The van der Waals surface area contributed by atoms with Crippen LogP contribution in [0.4, 0.5) is 17.2 Å². The van der Waals surface area contributed by atoms with Gasteiger partial charge >= 0.3 is 21.2 Å². The molecular weight excluding hydrogens is 695 g/mol. The number of nitro groups is 1. The normalized spacial score (nSPS) is 22.2. The lowest BCUT2D eigenvalue weighted by molar-refractivity contribution is -0.385. The monoisotopic (exact) mass is 721 g/mol. The van der Waals surface area contributed by atoms with E-state index in [1.165, 1.54) is 23.0 Å². The molecule has 0 radical (unpaired) electrons. The quantitative estimate of drug-likeness (QED) is 0.0262. The van der Waals surface area contributed by atoms with Crippen LogP contribution in [-0.2, 0) is 38.9 Å². The number of aliphatic hydroxyl groups excluding tert-OH is 1. The van der Waals surface area contributed by atoms with Gasteiger partial charge in [0.05, 0.1) is 17.9 Å². The number of anilines is 1. The van der Waals surface area contributed by atoms with Crippen LogP contribution in [0.5, 0.6) is 0 Å². The molecular formula is C21H26N9O14P3. The maximum Gasteiger partial charge on any atom is 0.337 e. The molecule has 2 unspecified atom stereocenters. The summed E-state index contributed by atoms with van der Waals surface area (Å²) in [6, 6.07) is 3.58. The molecule has 2 aromatic heterocycles. The molecule has 0 spiro atoms. The van der Waals surface area contributed by atoms with Gasteiger partial charge in [0.25, 0.3) is 5.69 Å². The second-order valence-corrected chi connectivity index (χ2v) is 16.9. The minimum Gasteiger partial charge on any atom is -0.457 e. The number of azide groups is 1. The molecule has 1 aliphatic heterocycles. The zero-order valence-electron chi connectivity index (χ0n) is 23.6. The van der Waals surface area contributed by atoms with Crippen LogP contribution in [0.3, 0.4) is 0 Å². The van der Waals surface area contributed by atoms with E-state index in [4.69, 9.17) is 35.0 Å². The highest BCUT2D eigenvalue weighted by molar-refractivity contribution is 7.79. The number of nitrogens with two attached hydrogens (primary N) is 1. The predicted molar refractivity (Wildman–Crippen MR) is 157 cm³/mol. The Hall–Kier alpha value is -3.84. The highest BCUT2D eigenvalue weighted by Crippen LogP contribution is 2.63. The molecule has 7 N–H and O–H groups in total. The molecule has 23 nitrogen and oxygen atoms in total. The molecule has 0 aliphatic carbocycles. The number of nitro benzene ring substituents is 1. The van der Waals surface area contributed by atoms with Crippen LogP contribution in [0, 0.1) is 10.1 Å². The second-order valence-electron chi connectivity index (χ2n) is 10.1. The van der Waals surface area contributed by atoms with Gasteiger partial charge in [0.15, 0.2) is 23.8 Å². The Morgan fingerprint density at radius 2 is 1.91 bits per heavy atom. The van der Waals surface area contributed by atoms with Crippen molar-refractivity contribution >= 4 is 56.9 Å². The first-order valence-corrected chi connectivity index (χ1v) is 18.6. The van der Waals surface area contributed by atoms with Crippen LogP contribution < -0.4 is 5.73 Å². The lowest BCUT2D eigenvalue weighted by Crippen LogP contribution is -2.38. The first-order valence-electron chi connectivity index (χ1n) is 13.0. The summed E-state index contributed by atoms with van der Waals surface area (Å²) in [7, 11) is -15.0. The number of hydrogen-bond acceptors (Lipinski definition) is 15. The zero-order valence-corrected chi connectivity index (χ0v) is 26.3. The number of hydrogen-bond donors (Lipinski definition) is 6. The van der Waals surface area contributed by atoms with E-state index >= 15 is 0 Å². The predicted octanol–water partition coefficient (Wildman–Crippen LogP) is 1.63. The number of rotatable bonds is 14. The van der Waals surface area contributed by atoms with Gasteiger partial charge < -0.3 is 44.4 Å². The highest BCUT2D eigenvalue weighted by atomic mass is 31.3. The van der Waals surface area contributed by atoms with Gasteiger partial charge in [0, 0.05) is 28.6 Å². The summed E-state index contributed by atoms with van der Waals surface area (Å²) in [6.45, 7) is -0.939. The average molecular weight is 721 g/mol. The fraction of sp³-hybridized carbons (Fsp3) is 0.429. The standard InChI is InChI=1S/C21H26N9O14P3/c22-19-16-20(25-7-24-19)29(8-26-16)21-17(32)18(14(43-21)6-42-47(40,41)10-45(35,36)9-46(37,38)39)44-15(31)4-2-11-1-3-12(27-28-23)5-13(11)30(33)34/h1,3,5,7-8,14,17-18,21,32H,2,4,6,9-10H2,(H,35,36)(H,40,41)(H2,22,24,25)(H2,37,38,39)/t14-,17-,18-,21-/m1/s1. The lowest BCUT2D eigenvalue weighted by atomic mass is 10.1. The number of ether oxygens (including phenoxy) is 2. The van der Waals surface area contributed by atoms with Crippen molar-refractivity contribution in [3.8, 4) is 0 Å². The highest BCUT2D eigenvalue weighted by Gasteiger charge is 2.49. The first-order chi connectivity index (χ1) is 21.9. The molecule has 4 rings (SSSR count). The Morgan fingerprint density at radius 3 is 2.57 bits per heavy atom. The number of nitrogens with zero attached hydrogens (tertiary/aromatic N) is 8. The van der Waals surface area contributed by atoms with Crippen LogP contribution in [0.15, 0.2) is 36.0 Å². The number of imidazole rings is 1. The topological polar surface area (TPSA) is 359 Å². The van der Waals surface area contributed by atoms with E-state index < -0.39 is 88.5 Å². The number of aromatic nitrogens is 4. The van der Waals surface area contributed by atoms with Crippen molar-refractivity contribution in [3.63, 3.8) is 0 Å². The molecule has 6 atom stereocenters. The van der Waals surface area contributed by atoms with Crippen molar-refractivity contribution in [2.45, 2.75) is 37.4 Å². The number of benzene rings is 1. The van der Waals surface area contributed by atoms with Gasteiger partial charge in [0.1, 0.15) is 35.9 Å². The van der Waals surface area contributed by atoms with E-state index in [1.54, 1.807) is 0 Å². The van der Waals surface area contributed by atoms with Crippen molar-refractivity contribution in [2.75, 3.05) is 24.1 Å². The van der Waals surface area contributed by atoms with E-state index in [0.717, 1.165) is 12.4 Å². The minimum atomic E-state index is -5.05. The molecule has 1 aliphatic rings. The third-order valence-electron chi connectivity index (χ3n) is 6.51. The Balaban J connectivity index is 1.54. The molecule has 47 heavy (non-hydrogen) atoms. The summed E-state index contributed by atoms with van der Waals surface area (Å²) < 4.78 is 53.3. The van der Waals surface area contributed by atoms with Gasteiger partial charge in [-0.15, -0.1) is 0 Å². The van der Waals surface area contributed by atoms with E-state index in [0.29, 0.717) is 0 Å². The summed E-state index contributed by atoms with van der Waals surface area (Å²) in [5, 5.41) is 26.0. The molecule has 1 aromatic carbocycles. The third kappa shape index (κ3) is 9.16. The van der Waals surface area contributed by atoms with E-state index in [-0.39, 0.29) is 34.7 Å². The molecule has 3 heterocycles. The molecule has 3 aromatic rings. The van der Waals surface area contributed by atoms with Gasteiger partial charge in [-0.25, -0.2) is 15.0 Å². The molecule has 254 valence electrons. The van der Waals surface area contributed by atoms with E-state index in [9.17, 15) is 43.5 Å². The van der Waals surface area contributed by atoms with Crippen LogP contribution >= 0.6 is 22.6 Å². The van der Waals surface area contributed by atoms with Gasteiger partial charge in [-0.2, -0.15) is 0 Å². The van der Waals surface area contributed by atoms with Crippen LogP contribution in [-0.4, -0.2) is 91.8 Å². The van der Waals surface area contributed by atoms with Crippen LogP contribution in [0.2, 0.25) is 0 Å². The Kier molecular flexibility index (Phi) is 10.8. The summed E-state index contributed by atoms with van der Waals surface area (Å²) in [6.07, 6.45) is -4.76. The fourth-order valence-corrected chi connectivity index (χ4v) is 11.0. The van der Waals surface area contributed by atoms with Crippen LogP contribution in [0.25, 0.3) is 21.6 Å². The third-order valence-corrected chi connectivity index (χ3v) is 13.5. The summed E-state index contributed by atoms with van der Waals surface area (Å²) >= 11 is 0. The Bertz CT molecular complexity index is 1880. The molecule has 1 saturated heterocycles. The molecule has 26 heteroatoms. The summed E-state index contributed by atoms with van der Waals surface area (Å²) in [5.41, 5.74) is 14.2. The summed E-state index contributed by atoms with van der Waals surface area (Å²) in [4.78, 5) is 76.2. The number of carbonyl (C=O) groups is 1. The smallest absolute Gasteiger partial charge is 0.337 e. The fourth-order valence-electron chi connectivity index (χ4n) is 4.62. The number of fused-ring (bicyclic) bond motifs is 1. The molecule has 0 saturated carbocycles. The molecule has 1 fully saturated rings. The molecule has 0 bridgehead atoms. The van der Waals surface area contributed by atoms with Gasteiger partial charge in [-0.3, -0.25) is 33.2 Å². The minimum absolute atomic E-state index is 0.0180. The lowest BCUT2D eigenvalue weighted by Gasteiger charge is -2.22. The largest absolute Gasteiger partial charge is 0.457 e. The zero-order chi connectivity index (χ0) is 34.7. The van der Waals surface area contributed by atoms with Gasteiger partial charge in [-0.1, -0.05) is 17.2 Å². The van der Waals surface area contributed by atoms with Crippen molar-refractivity contribution in [2.24, 2.45) is 5.11 Å². The average Bonchev–Trinajstić information content (AvgIpc) is 3.51. The Morgan fingerprint density at radius 1 is 1.19 bits per heavy atom. The van der Waals surface area contributed by atoms with Crippen molar-refractivity contribution in [1.82, 2.24) is 19.5 Å². The number of esters is 1. The SMILES string of the molecule is [N-]=[N+]=Nc1ccc(CCC(=O)O[C@H]2[C@@H](O)[C@H](n3cnc4c(N)ncnc43)O[C@@H]2COP(=O)(O)CP(=O)(O)CP(=O)(O)O)c([N+](=O)[O-])c1. The van der Waals surface area contributed by atoms with Gasteiger partial charge in [0.2, 0.25) is 7.37 Å². The Labute approximate surface area is 262 Å². The molecule has 0 amide bonds. The number of aryl methyl sites for hydroxylation is 1. The van der Waals surface area contributed by atoms with Crippen LogP contribution in [0.1, 0.15) is 18.2 Å². The maximum atomic E-state index is 12.9. The van der Waals surface area contributed by atoms with Crippen molar-refractivity contribution in [1.29, 1.82) is 0 Å². The van der Waals surface area contributed by atoms with E-state index in [1.807, 2.05) is 0 Å². The van der Waals surface area contributed by atoms with E-state index in [2.05, 4.69) is 25.0 Å².